The minimum atomic E-state index is 0.720. The summed E-state index contributed by atoms with van der Waals surface area (Å²) in [5, 5.41) is 1.35. The van der Waals surface area contributed by atoms with Gasteiger partial charge in [-0.2, -0.15) is 0 Å². The van der Waals surface area contributed by atoms with Gasteiger partial charge in [0.15, 0.2) is 0 Å². The maximum absolute atomic E-state index is 5.14. The Morgan fingerprint density at radius 3 is 2.85 bits per heavy atom. The summed E-state index contributed by atoms with van der Waals surface area (Å²) in [5.74, 6) is 0. The largest absolute Gasteiger partial charge is 0.379 e. The van der Waals surface area contributed by atoms with Crippen LogP contribution in [-0.2, 0) is 11.3 Å². The predicted octanol–water partition coefficient (Wildman–Crippen LogP) is 3.65. The van der Waals surface area contributed by atoms with Crippen molar-refractivity contribution in [1.82, 2.24) is 0 Å². The smallest absolute Gasteiger partial charge is 0.0816 e. The van der Waals surface area contributed by atoms with Crippen LogP contribution in [0.4, 0.5) is 0 Å². The normalized spacial score (nSPS) is 10.9. The second-order valence-electron chi connectivity index (χ2n) is 2.77. The highest BCUT2D eigenvalue weighted by Gasteiger charge is 2.07. The first-order chi connectivity index (χ1) is 6.33. The van der Waals surface area contributed by atoms with E-state index in [-0.39, 0.29) is 0 Å². The molecular weight excluding hydrogens is 295 g/mol. The molecule has 13 heavy (non-hydrogen) atoms. The molecule has 0 aliphatic heterocycles. The van der Waals surface area contributed by atoms with Gasteiger partial charge >= 0.3 is 0 Å². The van der Waals surface area contributed by atoms with Crippen LogP contribution in [0.15, 0.2) is 24.3 Å². The van der Waals surface area contributed by atoms with Crippen molar-refractivity contribution in [1.29, 1.82) is 0 Å². The Morgan fingerprint density at radius 1 is 1.38 bits per heavy atom. The molecule has 1 aromatic heterocycles. The van der Waals surface area contributed by atoms with Crippen molar-refractivity contribution in [3.63, 3.8) is 0 Å². The fraction of sp³-hybridized carbons (Fsp3) is 0.200. The lowest BCUT2D eigenvalue weighted by atomic mass is 10.2. The summed E-state index contributed by atoms with van der Waals surface area (Å²) in [5.41, 5.74) is 0. The van der Waals surface area contributed by atoms with Crippen molar-refractivity contribution in [2.45, 2.75) is 6.61 Å². The number of benzene rings is 1. The quantitative estimate of drug-likeness (QED) is 0.770. The zero-order chi connectivity index (χ0) is 9.26. The third-order valence-electron chi connectivity index (χ3n) is 1.88. The van der Waals surface area contributed by atoms with Crippen LogP contribution in [-0.4, -0.2) is 7.11 Å². The first-order valence-corrected chi connectivity index (χ1v) is 5.87. The summed E-state index contributed by atoms with van der Waals surface area (Å²) >= 11 is 4.20. The van der Waals surface area contributed by atoms with Gasteiger partial charge in [-0.1, -0.05) is 18.2 Å². The Balaban J connectivity index is 2.60. The monoisotopic (exact) mass is 304 g/mol. The Kier molecular flexibility index (Phi) is 2.86. The standard InChI is InChI=1S/C10H9IOS/c1-12-6-9-10(11)7-4-2-3-5-8(7)13-9/h2-5H,6H2,1H3. The third-order valence-corrected chi connectivity index (χ3v) is 4.62. The number of halogens is 1. The van der Waals surface area contributed by atoms with Gasteiger partial charge in [-0.25, -0.2) is 0 Å². The number of hydrogen-bond donors (Lipinski definition) is 0. The van der Waals surface area contributed by atoms with E-state index in [2.05, 4.69) is 46.9 Å². The second kappa shape index (κ2) is 3.94. The van der Waals surface area contributed by atoms with Crippen molar-refractivity contribution in [3.8, 4) is 0 Å². The Hall–Kier alpha value is -0.130. The minimum Gasteiger partial charge on any atom is -0.379 e. The highest BCUT2D eigenvalue weighted by atomic mass is 127. The van der Waals surface area contributed by atoms with Crippen molar-refractivity contribution in [2.75, 3.05) is 7.11 Å². The zero-order valence-electron chi connectivity index (χ0n) is 7.21. The number of hydrogen-bond acceptors (Lipinski definition) is 2. The lowest BCUT2D eigenvalue weighted by molar-refractivity contribution is 0.187. The fourth-order valence-corrected chi connectivity index (χ4v) is 3.50. The van der Waals surface area contributed by atoms with Crippen LogP contribution in [0.3, 0.4) is 0 Å². The summed E-state index contributed by atoms with van der Waals surface area (Å²) in [7, 11) is 1.74. The number of rotatable bonds is 2. The molecule has 0 bridgehead atoms. The van der Waals surface area contributed by atoms with E-state index in [1.54, 1.807) is 7.11 Å². The van der Waals surface area contributed by atoms with E-state index in [0.717, 1.165) is 6.61 Å². The number of ether oxygens (including phenoxy) is 1. The van der Waals surface area contributed by atoms with E-state index in [0.29, 0.717) is 0 Å². The number of methoxy groups -OCH3 is 1. The average Bonchev–Trinajstić information content (AvgIpc) is 2.46. The Bertz CT molecular complexity index is 422. The third kappa shape index (κ3) is 1.73. The molecular formula is C10H9IOS. The van der Waals surface area contributed by atoms with Gasteiger partial charge in [0, 0.05) is 25.6 Å². The van der Waals surface area contributed by atoms with Crippen LogP contribution >= 0.6 is 33.9 Å². The molecule has 1 heterocycles. The first kappa shape index (κ1) is 9.43. The fourth-order valence-electron chi connectivity index (χ4n) is 1.29. The first-order valence-electron chi connectivity index (χ1n) is 3.98. The van der Waals surface area contributed by atoms with Gasteiger partial charge in [-0.15, -0.1) is 11.3 Å². The van der Waals surface area contributed by atoms with Gasteiger partial charge in [-0.3, -0.25) is 0 Å². The minimum absolute atomic E-state index is 0.720. The van der Waals surface area contributed by atoms with E-state index in [1.807, 2.05) is 11.3 Å². The number of fused-ring (bicyclic) bond motifs is 1. The van der Waals surface area contributed by atoms with Crippen LogP contribution < -0.4 is 0 Å². The zero-order valence-corrected chi connectivity index (χ0v) is 10.2. The molecule has 0 aliphatic carbocycles. The molecule has 0 unspecified atom stereocenters. The van der Waals surface area contributed by atoms with Crippen molar-refractivity contribution < 1.29 is 4.74 Å². The lowest BCUT2D eigenvalue weighted by Gasteiger charge is -1.94. The van der Waals surface area contributed by atoms with E-state index in [9.17, 15) is 0 Å². The molecule has 0 fully saturated rings. The summed E-state index contributed by atoms with van der Waals surface area (Å²) in [6, 6.07) is 8.47. The van der Waals surface area contributed by atoms with E-state index < -0.39 is 0 Å². The summed E-state index contributed by atoms with van der Waals surface area (Å²) < 4.78 is 7.82. The van der Waals surface area contributed by atoms with Gasteiger partial charge in [0.1, 0.15) is 0 Å². The molecule has 0 spiro atoms. The van der Waals surface area contributed by atoms with E-state index >= 15 is 0 Å². The summed E-state index contributed by atoms with van der Waals surface area (Å²) in [4.78, 5) is 1.32. The van der Waals surface area contributed by atoms with Crippen LogP contribution in [0.25, 0.3) is 10.1 Å². The van der Waals surface area contributed by atoms with Crippen LogP contribution in [0, 0.1) is 3.57 Å². The molecule has 68 valence electrons. The van der Waals surface area contributed by atoms with Crippen LogP contribution in [0.2, 0.25) is 0 Å². The van der Waals surface area contributed by atoms with Gasteiger partial charge < -0.3 is 4.74 Å². The molecule has 0 amide bonds. The summed E-state index contributed by atoms with van der Waals surface area (Å²) in [6.45, 7) is 0.720. The molecule has 3 heteroatoms. The molecule has 0 aliphatic rings. The average molecular weight is 304 g/mol. The molecule has 0 N–H and O–H groups in total. The van der Waals surface area contributed by atoms with Gasteiger partial charge in [-0.05, 0) is 28.7 Å². The molecule has 2 aromatic rings. The summed E-state index contributed by atoms with van der Waals surface area (Å²) in [6.07, 6.45) is 0. The molecule has 1 aromatic carbocycles. The van der Waals surface area contributed by atoms with Gasteiger partial charge in [0.2, 0.25) is 0 Å². The maximum Gasteiger partial charge on any atom is 0.0816 e. The van der Waals surface area contributed by atoms with E-state index in [4.69, 9.17) is 4.74 Å². The highest BCUT2D eigenvalue weighted by molar-refractivity contribution is 14.1. The molecule has 1 nitrogen and oxygen atoms in total. The maximum atomic E-state index is 5.14. The molecule has 0 saturated heterocycles. The molecule has 0 atom stereocenters. The Morgan fingerprint density at radius 2 is 2.15 bits per heavy atom. The predicted molar refractivity (Wildman–Crippen MR) is 65.3 cm³/mol. The van der Waals surface area contributed by atoms with Crippen molar-refractivity contribution in [2.24, 2.45) is 0 Å². The van der Waals surface area contributed by atoms with E-state index in [1.165, 1.54) is 18.5 Å². The number of thiophene rings is 1. The van der Waals surface area contributed by atoms with Crippen LogP contribution in [0.1, 0.15) is 4.88 Å². The lowest BCUT2D eigenvalue weighted by Crippen LogP contribution is -1.84. The Labute approximate surface area is 94.9 Å². The van der Waals surface area contributed by atoms with Crippen LogP contribution in [0.5, 0.6) is 0 Å². The van der Waals surface area contributed by atoms with Crippen molar-refractivity contribution in [3.05, 3.63) is 32.7 Å². The molecule has 0 radical (unpaired) electrons. The highest BCUT2D eigenvalue weighted by Crippen LogP contribution is 2.32. The van der Waals surface area contributed by atoms with Crippen molar-refractivity contribution >= 4 is 44.0 Å². The molecule has 0 saturated carbocycles. The topological polar surface area (TPSA) is 9.23 Å². The molecule has 2 rings (SSSR count). The SMILES string of the molecule is COCc1sc2ccccc2c1I. The van der Waals surface area contributed by atoms with Gasteiger partial charge in [0.05, 0.1) is 6.61 Å². The second-order valence-corrected chi connectivity index (χ2v) is 4.98. The van der Waals surface area contributed by atoms with Gasteiger partial charge in [0.25, 0.3) is 0 Å².